The topological polar surface area (TPSA) is 59.1 Å². The van der Waals surface area contributed by atoms with Gasteiger partial charge in [-0.05, 0) is 49.4 Å². The van der Waals surface area contributed by atoms with Crippen molar-refractivity contribution in [3.8, 4) is 11.5 Å². The molecule has 2 aromatic rings. The van der Waals surface area contributed by atoms with Crippen LogP contribution in [-0.2, 0) is 16.0 Å². The summed E-state index contributed by atoms with van der Waals surface area (Å²) < 4.78 is 10.9. The number of carbonyl (C=O) groups is 2. The minimum absolute atomic E-state index is 0.00655. The Bertz CT molecular complexity index is 982. The first-order chi connectivity index (χ1) is 16.0. The lowest BCUT2D eigenvalue weighted by atomic mass is 9.91. The maximum absolute atomic E-state index is 13.9. The van der Waals surface area contributed by atoms with Crippen LogP contribution in [0, 0.1) is 6.92 Å². The lowest BCUT2D eigenvalue weighted by Crippen LogP contribution is -2.58. The molecule has 0 spiro atoms. The summed E-state index contributed by atoms with van der Waals surface area (Å²) in [5, 5.41) is 0. The number of piperazine rings is 1. The van der Waals surface area contributed by atoms with E-state index in [4.69, 9.17) is 9.47 Å². The summed E-state index contributed by atoms with van der Waals surface area (Å²) in [6, 6.07) is 13.3. The Morgan fingerprint density at radius 3 is 2.27 bits per heavy atom. The Labute approximate surface area is 196 Å². The molecule has 2 amide bonds. The first kappa shape index (κ1) is 23.1. The second-order valence-corrected chi connectivity index (χ2v) is 9.10. The molecule has 2 aromatic carbocycles. The highest BCUT2D eigenvalue weighted by Crippen LogP contribution is 2.36. The van der Waals surface area contributed by atoms with E-state index in [0.717, 1.165) is 36.8 Å². The van der Waals surface area contributed by atoms with Gasteiger partial charge >= 0.3 is 0 Å². The van der Waals surface area contributed by atoms with Gasteiger partial charge in [0, 0.05) is 12.6 Å². The van der Waals surface area contributed by atoms with Crippen LogP contribution in [0.15, 0.2) is 42.5 Å². The molecule has 1 saturated heterocycles. The molecule has 1 aliphatic heterocycles. The molecule has 1 saturated carbocycles. The number of benzene rings is 2. The zero-order valence-corrected chi connectivity index (χ0v) is 19.9. The summed E-state index contributed by atoms with van der Waals surface area (Å²) >= 11 is 0. The van der Waals surface area contributed by atoms with Crippen molar-refractivity contribution in [2.45, 2.75) is 57.5 Å². The van der Waals surface area contributed by atoms with Gasteiger partial charge in [-0.25, -0.2) is 0 Å². The highest BCUT2D eigenvalue weighted by Gasteiger charge is 2.43. The van der Waals surface area contributed by atoms with Crippen LogP contribution in [0.25, 0.3) is 0 Å². The maximum atomic E-state index is 13.9. The van der Waals surface area contributed by atoms with Gasteiger partial charge in [-0.1, -0.05) is 55.2 Å². The third-order valence-electron chi connectivity index (χ3n) is 6.96. The summed E-state index contributed by atoms with van der Waals surface area (Å²) in [6.45, 7) is 2.72. The van der Waals surface area contributed by atoms with Crippen molar-refractivity contribution >= 4 is 11.8 Å². The van der Waals surface area contributed by atoms with Crippen molar-refractivity contribution in [2.75, 3.05) is 27.3 Å². The zero-order valence-electron chi connectivity index (χ0n) is 19.9. The molecule has 6 heteroatoms. The quantitative estimate of drug-likeness (QED) is 0.631. The number of aryl methyl sites for hydroxylation is 1. The molecule has 0 bridgehead atoms. The van der Waals surface area contributed by atoms with Crippen LogP contribution in [0.4, 0.5) is 0 Å². The molecule has 4 rings (SSSR count). The Kier molecular flexibility index (Phi) is 7.21. The third-order valence-corrected chi connectivity index (χ3v) is 6.96. The monoisotopic (exact) mass is 450 g/mol. The zero-order chi connectivity index (χ0) is 23.4. The number of rotatable bonds is 7. The van der Waals surface area contributed by atoms with Gasteiger partial charge in [-0.2, -0.15) is 0 Å². The highest BCUT2D eigenvalue weighted by molar-refractivity contribution is 5.96. The Hall–Kier alpha value is -3.02. The Morgan fingerprint density at radius 1 is 0.909 bits per heavy atom. The first-order valence-electron chi connectivity index (χ1n) is 11.9. The Morgan fingerprint density at radius 2 is 1.61 bits per heavy atom. The van der Waals surface area contributed by atoms with E-state index in [-0.39, 0.29) is 24.4 Å². The van der Waals surface area contributed by atoms with Crippen molar-refractivity contribution < 1.29 is 19.1 Å². The molecule has 33 heavy (non-hydrogen) atoms. The molecule has 0 radical (unpaired) electrons. The lowest BCUT2D eigenvalue weighted by molar-refractivity contribution is -0.159. The highest BCUT2D eigenvalue weighted by atomic mass is 16.5. The summed E-state index contributed by atoms with van der Waals surface area (Å²) in [6.07, 6.45) is 6.07. The lowest BCUT2D eigenvalue weighted by Gasteiger charge is -2.44. The number of hydrogen-bond donors (Lipinski definition) is 0. The van der Waals surface area contributed by atoms with E-state index in [2.05, 4.69) is 31.2 Å². The summed E-state index contributed by atoms with van der Waals surface area (Å²) in [5.74, 6) is 1.18. The fourth-order valence-corrected chi connectivity index (χ4v) is 5.05. The smallest absolute Gasteiger partial charge is 0.250 e. The van der Waals surface area contributed by atoms with Crippen molar-refractivity contribution in [3.05, 3.63) is 59.2 Å². The fraction of sp³-hybridized carbons (Fsp3) is 0.481. The second-order valence-electron chi connectivity index (χ2n) is 9.10. The number of hydrogen-bond acceptors (Lipinski definition) is 4. The van der Waals surface area contributed by atoms with Crippen LogP contribution in [-0.4, -0.2) is 55.0 Å². The van der Waals surface area contributed by atoms with Gasteiger partial charge in [0.2, 0.25) is 5.91 Å². The number of methoxy groups -OCH3 is 2. The van der Waals surface area contributed by atoms with Crippen molar-refractivity contribution in [3.63, 3.8) is 0 Å². The van der Waals surface area contributed by atoms with E-state index < -0.39 is 6.04 Å². The van der Waals surface area contributed by atoms with Crippen LogP contribution in [0.2, 0.25) is 0 Å². The van der Waals surface area contributed by atoms with E-state index in [1.54, 1.807) is 19.1 Å². The SMILES string of the molecule is COc1ccc([C@@H]2C(=O)N(C3CCCCC3)CC(=O)N2CCc2ccc(C)cc2)cc1OC. The van der Waals surface area contributed by atoms with Crippen molar-refractivity contribution in [2.24, 2.45) is 0 Å². The normalized spacial score (nSPS) is 19.7. The molecular formula is C27H34N2O4. The van der Waals surface area contributed by atoms with E-state index >= 15 is 0 Å². The largest absolute Gasteiger partial charge is 0.493 e. The van der Waals surface area contributed by atoms with E-state index in [9.17, 15) is 9.59 Å². The first-order valence-corrected chi connectivity index (χ1v) is 11.9. The minimum atomic E-state index is -0.654. The van der Waals surface area contributed by atoms with Gasteiger partial charge in [0.05, 0.1) is 14.2 Å². The third kappa shape index (κ3) is 5.00. The van der Waals surface area contributed by atoms with E-state index in [1.165, 1.54) is 12.0 Å². The second kappa shape index (κ2) is 10.3. The number of amides is 2. The van der Waals surface area contributed by atoms with E-state index in [0.29, 0.717) is 24.5 Å². The molecular weight excluding hydrogens is 416 g/mol. The van der Waals surface area contributed by atoms with Crippen LogP contribution in [0.3, 0.4) is 0 Å². The average molecular weight is 451 g/mol. The molecule has 0 aromatic heterocycles. The molecule has 1 heterocycles. The minimum Gasteiger partial charge on any atom is -0.493 e. The van der Waals surface area contributed by atoms with Crippen molar-refractivity contribution in [1.82, 2.24) is 9.80 Å². The molecule has 6 nitrogen and oxygen atoms in total. The van der Waals surface area contributed by atoms with Gasteiger partial charge in [0.15, 0.2) is 11.5 Å². The van der Waals surface area contributed by atoms with Crippen LogP contribution < -0.4 is 9.47 Å². The summed E-state index contributed by atoms with van der Waals surface area (Å²) in [5.41, 5.74) is 3.12. The molecule has 2 aliphatic rings. The molecule has 2 fully saturated rings. The summed E-state index contributed by atoms with van der Waals surface area (Å²) in [7, 11) is 3.17. The fourth-order valence-electron chi connectivity index (χ4n) is 5.05. The van der Waals surface area contributed by atoms with Crippen LogP contribution in [0.1, 0.15) is 54.8 Å². The molecule has 0 unspecified atom stereocenters. The average Bonchev–Trinajstić information content (AvgIpc) is 2.85. The molecule has 0 N–H and O–H groups in total. The number of ether oxygens (including phenoxy) is 2. The van der Waals surface area contributed by atoms with Gasteiger partial charge in [0.25, 0.3) is 5.91 Å². The van der Waals surface area contributed by atoms with Crippen LogP contribution >= 0.6 is 0 Å². The molecule has 176 valence electrons. The Balaban J connectivity index is 1.65. The number of nitrogens with zero attached hydrogens (tertiary/aromatic N) is 2. The molecule has 1 aliphatic carbocycles. The van der Waals surface area contributed by atoms with Crippen LogP contribution in [0.5, 0.6) is 11.5 Å². The molecule has 1 atom stereocenters. The maximum Gasteiger partial charge on any atom is 0.250 e. The predicted molar refractivity (Wildman–Crippen MR) is 127 cm³/mol. The predicted octanol–water partition coefficient (Wildman–Crippen LogP) is 4.30. The van der Waals surface area contributed by atoms with Gasteiger partial charge in [0.1, 0.15) is 12.6 Å². The van der Waals surface area contributed by atoms with Gasteiger partial charge in [-0.15, -0.1) is 0 Å². The van der Waals surface area contributed by atoms with Gasteiger partial charge in [-0.3, -0.25) is 9.59 Å². The van der Waals surface area contributed by atoms with E-state index in [1.807, 2.05) is 23.1 Å². The standard InChI is InChI=1S/C27H34N2O4/c1-19-9-11-20(12-10-19)15-16-28-25(30)18-29(22-7-5-4-6-8-22)27(31)26(28)21-13-14-23(32-2)24(17-21)33-3/h9-14,17,22,26H,4-8,15-16,18H2,1-3H3/t26-/m1/s1. The number of carbonyl (C=O) groups excluding carboxylic acids is 2. The van der Waals surface area contributed by atoms with Gasteiger partial charge < -0.3 is 19.3 Å². The van der Waals surface area contributed by atoms with Crippen molar-refractivity contribution in [1.29, 1.82) is 0 Å². The summed E-state index contributed by atoms with van der Waals surface area (Å²) in [4.78, 5) is 30.8.